The van der Waals surface area contributed by atoms with Crippen molar-refractivity contribution in [2.24, 2.45) is 0 Å². The van der Waals surface area contributed by atoms with Crippen molar-refractivity contribution in [2.75, 3.05) is 18.0 Å². The molecule has 6 nitrogen and oxygen atoms in total. The average molecular weight is 487 g/mol. The molecule has 1 N–H and O–H groups in total. The van der Waals surface area contributed by atoms with Crippen LogP contribution in [0.5, 0.6) is 5.75 Å². The van der Waals surface area contributed by atoms with E-state index in [1.807, 2.05) is 44.2 Å². The molecular weight excluding hydrogens is 460 g/mol. The molecule has 0 bridgehead atoms. The predicted octanol–water partition coefficient (Wildman–Crippen LogP) is 5.12. The van der Waals surface area contributed by atoms with Crippen LogP contribution in [0.4, 0.5) is 5.69 Å². The number of sulfonamides is 1. The molecule has 1 atom stereocenters. The number of hydrogen-bond donors (Lipinski definition) is 1. The third-order valence-electron chi connectivity index (χ3n) is 5.25. The first-order valence-corrected chi connectivity index (χ1v) is 12.3. The van der Waals surface area contributed by atoms with Crippen molar-refractivity contribution in [3.8, 4) is 5.75 Å². The Bertz CT molecular complexity index is 1200. The molecular formula is C25H27ClN2O4S. The summed E-state index contributed by atoms with van der Waals surface area (Å²) in [6, 6.07) is 20.4. The van der Waals surface area contributed by atoms with Gasteiger partial charge in [-0.3, -0.25) is 9.10 Å². The summed E-state index contributed by atoms with van der Waals surface area (Å²) >= 11 is 6.18. The van der Waals surface area contributed by atoms with Crippen LogP contribution in [-0.2, 0) is 14.8 Å². The van der Waals surface area contributed by atoms with Crippen molar-refractivity contribution in [2.45, 2.75) is 31.2 Å². The quantitative estimate of drug-likeness (QED) is 0.455. The zero-order valence-corrected chi connectivity index (χ0v) is 20.4. The first kappa shape index (κ1) is 24.6. The number of hydrogen-bond acceptors (Lipinski definition) is 4. The van der Waals surface area contributed by atoms with Gasteiger partial charge in [0, 0.05) is 5.02 Å². The molecule has 3 aromatic rings. The minimum atomic E-state index is -4.09. The number of halogens is 1. The van der Waals surface area contributed by atoms with Gasteiger partial charge in [-0.15, -0.1) is 0 Å². The lowest BCUT2D eigenvalue weighted by molar-refractivity contribution is -0.120. The van der Waals surface area contributed by atoms with Gasteiger partial charge in [0.15, 0.2) is 0 Å². The van der Waals surface area contributed by atoms with Crippen LogP contribution in [0, 0.1) is 6.92 Å². The fourth-order valence-electron chi connectivity index (χ4n) is 3.47. The van der Waals surface area contributed by atoms with Gasteiger partial charge in [0.2, 0.25) is 5.91 Å². The molecule has 174 valence electrons. The standard InChI is InChI=1S/C25H27ClN2O4S/c1-4-22(19-8-6-5-7-9-19)27-25(29)17-28(23-16-20(26)12-15-24(23)32-3)33(30,31)21-13-10-18(2)11-14-21/h5-16,22H,4,17H2,1-3H3,(H,27,29)/t22-/m0/s1. The van der Waals surface area contributed by atoms with Crippen molar-refractivity contribution in [3.63, 3.8) is 0 Å². The second kappa shape index (κ2) is 10.7. The van der Waals surface area contributed by atoms with Crippen molar-refractivity contribution in [1.29, 1.82) is 0 Å². The van der Waals surface area contributed by atoms with E-state index in [-0.39, 0.29) is 22.4 Å². The van der Waals surface area contributed by atoms with Crippen LogP contribution >= 0.6 is 11.6 Å². The first-order valence-electron chi connectivity index (χ1n) is 10.5. The number of nitrogens with one attached hydrogen (secondary N) is 1. The van der Waals surface area contributed by atoms with Crippen LogP contribution in [-0.4, -0.2) is 28.0 Å². The Balaban J connectivity index is 2.00. The maximum absolute atomic E-state index is 13.6. The van der Waals surface area contributed by atoms with E-state index in [0.29, 0.717) is 11.4 Å². The molecule has 3 rings (SSSR count). The Morgan fingerprint density at radius 2 is 1.73 bits per heavy atom. The number of carbonyl (C=O) groups is 1. The van der Waals surface area contributed by atoms with Gasteiger partial charge in [-0.05, 0) is 49.2 Å². The number of aryl methyl sites for hydroxylation is 1. The zero-order valence-electron chi connectivity index (χ0n) is 18.8. The van der Waals surface area contributed by atoms with Crippen LogP contribution < -0.4 is 14.4 Å². The van der Waals surface area contributed by atoms with Crippen molar-refractivity contribution >= 4 is 33.2 Å². The zero-order chi connectivity index (χ0) is 24.0. The number of amides is 1. The molecule has 0 unspecified atom stereocenters. The fraction of sp³-hybridized carbons (Fsp3) is 0.240. The molecule has 1 amide bonds. The monoisotopic (exact) mass is 486 g/mol. The Hall–Kier alpha value is -3.03. The van der Waals surface area contributed by atoms with E-state index in [9.17, 15) is 13.2 Å². The third kappa shape index (κ3) is 5.86. The maximum Gasteiger partial charge on any atom is 0.264 e. The third-order valence-corrected chi connectivity index (χ3v) is 7.26. The van der Waals surface area contributed by atoms with Crippen LogP contribution in [0.2, 0.25) is 5.02 Å². The molecule has 0 aromatic heterocycles. The van der Waals surface area contributed by atoms with Crippen molar-refractivity contribution in [1.82, 2.24) is 5.32 Å². The van der Waals surface area contributed by atoms with E-state index in [2.05, 4.69) is 5.32 Å². The molecule has 0 aliphatic rings. The van der Waals surface area contributed by atoms with Gasteiger partial charge in [-0.25, -0.2) is 8.42 Å². The second-order valence-electron chi connectivity index (χ2n) is 7.58. The van der Waals surface area contributed by atoms with Gasteiger partial charge >= 0.3 is 0 Å². The van der Waals surface area contributed by atoms with Crippen LogP contribution in [0.1, 0.15) is 30.5 Å². The molecule has 0 heterocycles. The molecule has 0 spiro atoms. The van der Waals surface area contributed by atoms with E-state index in [4.69, 9.17) is 16.3 Å². The first-order chi connectivity index (χ1) is 15.8. The number of nitrogens with zero attached hydrogens (tertiary/aromatic N) is 1. The summed E-state index contributed by atoms with van der Waals surface area (Å²) < 4.78 is 33.7. The minimum Gasteiger partial charge on any atom is -0.495 e. The summed E-state index contributed by atoms with van der Waals surface area (Å²) in [4.78, 5) is 13.2. The van der Waals surface area contributed by atoms with Gasteiger partial charge in [0.25, 0.3) is 10.0 Å². The number of ether oxygens (including phenoxy) is 1. The number of methoxy groups -OCH3 is 1. The van der Waals surface area contributed by atoms with Gasteiger partial charge in [0.05, 0.1) is 23.7 Å². The minimum absolute atomic E-state index is 0.0676. The predicted molar refractivity (Wildman–Crippen MR) is 131 cm³/mol. The normalized spacial score (nSPS) is 12.1. The van der Waals surface area contributed by atoms with Crippen molar-refractivity contribution in [3.05, 3.63) is 88.9 Å². The number of rotatable bonds is 9. The van der Waals surface area contributed by atoms with Crippen LogP contribution in [0.15, 0.2) is 77.7 Å². The molecule has 0 aliphatic carbocycles. The highest BCUT2D eigenvalue weighted by Gasteiger charge is 2.30. The molecule has 0 saturated carbocycles. The highest BCUT2D eigenvalue weighted by atomic mass is 35.5. The van der Waals surface area contributed by atoms with Gasteiger partial charge < -0.3 is 10.1 Å². The van der Waals surface area contributed by atoms with Crippen molar-refractivity contribution < 1.29 is 17.9 Å². The number of carbonyl (C=O) groups excluding carboxylic acids is 1. The number of anilines is 1. The molecule has 0 radical (unpaired) electrons. The lowest BCUT2D eigenvalue weighted by Gasteiger charge is -2.27. The Morgan fingerprint density at radius 1 is 1.06 bits per heavy atom. The summed E-state index contributed by atoms with van der Waals surface area (Å²) in [5.41, 5.74) is 2.06. The molecule has 0 aliphatic heterocycles. The topological polar surface area (TPSA) is 75.7 Å². The molecule has 3 aromatic carbocycles. The average Bonchev–Trinajstić information content (AvgIpc) is 2.81. The van der Waals surface area contributed by atoms with E-state index >= 15 is 0 Å². The molecule has 33 heavy (non-hydrogen) atoms. The molecule has 0 fully saturated rings. The summed E-state index contributed by atoms with van der Waals surface area (Å²) in [7, 11) is -2.65. The van der Waals surface area contributed by atoms with Gasteiger partial charge in [0.1, 0.15) is 12.3 Å². The second-order valence-corrected chi connectivity index (χ2v) is 9.88. The molecule has 0 saturated heterocycles. The highest BCUT2D eigenvalue weighted by molar-refractivity contribution is 7.92. The largest absolute Gasteiger partial charge is 0.495 e. The van der Waals surface area contributed by atoms with Gasteiger partial charge in [-0.2, -0.15) is 0 Å². The Labute approximate surface area is 200 Å². The number of benzene rings is 3. The lowest BCUT2D eigenvalue weighted by atomic mass is 10.0. The van der Waals surface area contributed by atoms with E-state index in [0.717, 1.165) is 15.4 Å². The van der Waals surface area contributed by atoms with E-state index in [1.165, 1.54) is 25.3 Å². The van der Waals surface area contributed by atoms with E-state index in [1.54, 1.807) is 24.3 Å². The van der Waals surface area contributed by atoms with Crippen LogP contribution in [0.25, 0.3) is 0 Å². The van der Waals surface area contributed by atoms with E-state index < -0.39 is 22.5 Å². The SMILES string of the molecule is CC[C@H](NC(=O)CN(c1cc(Cl)ccc1OC)S(=O)(=O)c1ccc(C)cc1)c1ccccc1. The summed E-state index contributed by atoms with van der Waals surface area (Å²) in [6.07, 6.45) is 0.654. The van der Waals surface area contributed by atoms with Gasteiger partial charge in [-0.1, -0.05) is 66.6 Å². The lowest BCUT2D eigenvalue weighted by Crippen LogP contribution is -2.42. The maximum atomic E-state index is 13.6. The van der Waals surface area contributed by atoms with Crippen LogP contribution in [0.3, 0.4) is 0 Å². The fourth-order valence-corrected chi connectivity index (χ4v) is 5.06. The highest BCUT2D eigenvalue weighted by Crippen LogP contribution is 2.35. The molecule has 8 heteroatoms. The Kier molecular flexibility index (Phi) is 8.00. The summed E-state index contributed by atoms with van der Waals surface area (Å²) in [6.45, 7) is 3.39. The summed E-state index contributed by atoms with van der Waals surface area (Å²) in [5, 5.41) is 3.27. The smallest absolute Gasteiger partial charge is 0.264 e. The summed E-state index contributed by atoms with van der Waals surface area (Å²) in [5.74, 6) is -0.151. The Morgan fingerprint density at radius 3 is 2.33 bits per heavy atom.